The summed E-state index contributed by atoms with van der Waals surface area (Å²) < 4.78 is 10.4. The van der Waals surface area contributed by atoms with Crippen LogP contribution in [0.4, 0.5) is 4.79 Å². The fourth-order valence-corrected chi connectivity index (χ4v) is 3.17. The highest BCUT2D eigenvalue weighted by atomic mass is 16.5. The maximum absolute atomic E-state index is 12.6. The van der Waals surface area contributed by atoms with E-state index < -0.39 is 17.9 Å². The number of nitrogens with one attached hydrogen (secondary N) is 1. The average molecular weight is 428 g/mol. The van der Waals surface area contributed by atoms with Crippen molar-refractivity contribution < 1.29 is 23.9 Å². The van der Waals surface area contributed by atoms with E-state index in [0.29, 0.717) is 22.6 Å². The lowest BCUT2D eigenvalue weighted by molar-refractivity contribution is -0.123. The van der Waals surface area contributed by atoms with Crippen molar-refractivity contribution in [3.05, 3.63) is 101 Å². The van der Waals surface area contributed by atoms with E-state index in [9.17, 15) is 14.4 Å². The van der Waals surface area contributed by atoms with E-state index in [1.807, 2.05) is 30.3 Å². The van der Waals surface area contributed by atoms with Gasteiger partial charge in [-0.05, 0) is 53.6 Å². The fraction of sp³-hybridized carbons (Fsp3) is 0.0800. The monoisotopic (exact) mass is 428 g/mol. The van der Waals surface area contributed by atoms with Crippen molar-refractivity contribution in [1.82, 2.24) is 10.2 Å². The molecule has 1 heterocycles. The molecule has 0 radical (unpaired) electrons. The Morgan fingerprint density at radius 2 is 1.56 bits per heavy atom. The molecule has 0 unspecified atom stereocenters. The third kappa shape index (κ3) is 4.67. The standard InChI is InChI=1S/C25H20N2O5/c1-31-20-13-9-19(10-14-20)24(29)32-21-11-7-17(8-12-21)15-22-23(28)27(25(30)26-22)16-18-5-3-2-4-6-18/h2-15H,16H2,1H3,(H,26,30)/b22-15+. The first kappa shape index (κ1) is 20.9. The maximum Gasteiger partial charge on any atom is 0.343 e. The summed E-state index contributed by atoms with van der Waals surface area (Å²) in [6, 6.07) is 22.1. The van der Waals surface area contributed by atoms with Gasteiger partial charge in [-0.2, -0.15) is 0 Å². The first-order valence-electron chi connectivity index (χ1n) is 9.88. The molecule has 0 saturated carbocycles. The minimum Gasteiger partial charge on any atom is -0.497 e. The minimum atomic E-state index is -0.492. The SMILES string of the molecule is COc1ccc(C(=O)Oc2ccc(/C=C3/NC(=O)N(Cc4ccccc4)C3=O)cc2)cc1. The predicted molar refractivity (Wildman–Crippen MR) is 118 cm³/mol. The summed E-state index contributed by atoms with van der Waals surface area (Å²) in [5.74, 6) is 0.123. The highest BCUT2D eigenvalue weighted by Gasteiger charge is 2.33. The van der Waals surface area contributed by atoms with E-state index >= 15 is 0 Å². The molecule has 4 rings (SSSR count). The highest BCUT2D eigenvalue weighted by molar-refractivity contribution is 6.13. The van der Waals surface area contributed by atoms with Crippen LogP contribution in [0.2, 0.25) is 0 Å². The minimum absolute atomic E-state index is 0.189. The molecule has 1 aliphatic rings. The number of urea groups is 1. The smallest absolute Gasteiger partial charge is 0.343 e. The second-order valence-corrected chi connectivity index (χ2v) is 7.05. The van der Waals surface area contributed by atoms with Gasteiger partial charge in [0.15, 0.2) is 0 Å². The van der Waals surface area contributed by atoms with Crippen LogP contribution in [0.15, 0.2) is 84.6 Å². The Hall–Kier alpha value is -4.39. The Bertz CT molecular complexity index is 1170. The number of benzene rings is 3. The van der Waals surface area contributed by atoms with Gasteiger partial charge in [-0.3, -0.25) is 9.69 Å². The van der Waals surface area contributed by atoms with E-state index in [1.54, 1.807) is 61.7 Å². The van der Waals surface area contributed by atoms with Crippen molar-refractivity contribution in [2.75, 3.05) is 7.11 Å². The van der Waals surface area contributed by atoms with Gasteiger partial charge < -0.3 is 14.8 Å². The quantitative estimate of drug-likeness (QED) is 0.278. The number of hydrogen-bond donors (Lipinski definition) is 1. The Balaban J connectivity index is 1.42. The van der Waals surface area contributed by atoms with Gasteiger partial charge in [-0.15, -0.1) is 0 Å². The lowest BCUT2D eigenvalue weighted by Crippen LogP contribution is -2.30. The lowest BCUT2D eigenvalue weighted by atomic mass is 10.1. The third-order valence-corrected chi connectivity index (χ3v) is 4.87. The molecular formula is C25H20N2O5. The van der Waals surface area contributed by atoms with Gasteiger partial charge in [0.1, 0.15) is 17.2 Å². The zero-order valence-electron chi connectivity index (χ0n) is 17.3. The van der Waals surface area contributed by atoms with Crippen LogP contribution < -0.4 is 14.8 Å². The zero-order valence-corrected chi connectivity index (χ0v) is 17.3. The lowest BCUT2D eigenvalue weighted by Gasteiger charge is -2.11. The summed E-state index contributed by atoms with van der Waals surface area (Å²) in [5, 5.41) is 2.60. The summed E-state index contributed by atoms with van der Waals surface area (Å²) in [7, 11) is 1.55. The molecule has 32 heavy (non-hydrogen) atoms. The average Bonchev–Trinajstić information content (AvgIpc) is 3.08. The van der Waals surface area contributed by atoms with Crippen molar-refractivity contribution in [3.8, 4) is 11.5 Å². The number of imide groups is 1. The molecule has 3 aromatic rings. The fourth-order valence-electron chi connectivity index (χ4n) is 3.17. The second-order valence-electron chi connectivity index (χ2n) is 7.05. The van der Waals surface area contributed by atoms with Crippen LogP contribution in [0.3, 0.4) is 0 Å². The van der Waals surface area contributed by atoms with Crippen molar-refractivity contribution in [2.24, 2.45) is 0 Å². The molecule has 0 atom stereocenters. The first-order chi connectivity index (χ1) is 15.5. The summed E-state index contributed by atoms with van der Waals surface area (Å²) in [6.07, 6.45) is 1.58. The van der Waals surface area contributed by atoms with Crippen molar-refractivity contribution in [2.45, 2.75) is 6.54 Å². The molecule has 160 valence electrons. The molecule has 1 N–H and O–H groups in total. The number of hydrogen-bond acceptors (Lipinski definition) is 5. The molecule has 3 amide bonds. The van der Waals surface area contributed by atoms with E-state index in [2.05, 4.69) is 5.32 Å². The Kier molecular flexibility index (Phi) is 5.98. The van der Waals surface area contributed by atoms with Crippen molar-refractivity contribution in [1.29, 1.82) is 0 Å². The Morgan fingerprint density at radius 3 is 2.22 bits per heavy atom. The third-order valence-electron chi connectivity index (χ3n) is 4.87. The van der Waals surface area contributed by atoms with Crippen molar-refractivity contribution >= 4 is 24.0 Å². The van der Waals surface area contributed by atoms with Gasteiger partial charge in [0, 0.05) is 0 Å². The van der Waals surface area contributed by atoms with Crippen LogP contribution in [0, 0.1) is 0 Å². The highest BCUT2D eigenvalue weighted by Crippen LogP contribution is 2.20. The molecule has 3 aromatic carbocycles. The van der Waals surface area contributed by atoms with Crippen LogP contribution in [-0.4, -0.2) is 29.9 Å². The number of ether oxygens (including phenoxy) is 2. The summed E-state index contributed by atoms with van der Waals surface area (Å²) in [5.41, 5.74) is 2.13. The van der Waals surface area contributed by atoms with Crippen LogP contribution >= 0.6 is 0 Å². The topological polar surface area (TPSA) is 84.9 Å². The largest absolute Gasteiger partial charge is 0.497 e. The number of nitrogens with zero attached hydrogens (tertiary/aromatic N) is 1. The number of rotatable bonds is 6. The Morgan fingerprint density at radius 1 is 0.906 bits per heavy atom. The zero-order chi connectivity index (χ0) is 22.5. The van der Waals surface area contributed by atoms with E-state index in [0.717, 1.165) is 10.5 Å². The predicted octanol–water partition coefficient (Wildman–Crippen LogP) is 4.01. The molecule has 0 aliphatic carbocycles. The molecule has 1 fully saturated rings. The second kappa shape index (κ2) is 9.18. The number of carbonyl (C=O) groups excluding carboxylic acids is 3. The number of carbonyl (C=O) groups is 3. The van der Waals surface area contributed by atoms with Gasteiger partial charge in [0.25, 0.3) is 5.91 Å². The van der Waals surface area contributed by atoms with Crippen LogP contribution in [0.5, 0.6) is 11.5 Å². The number of methoxy groups -OCH3 is 1. The molecule has 7 heteroatoms. The summed E-state index contributed by atoms with van der Waals surface area (Å²) >= 11 is 0. The Labute approximate surface area is 184 Å². The summed E-state index contributed by atoms with van der Waals surface area (Å²) in [6.45, 7) is 0.198. The molecular weight excluding hydrogens is 408 g/mol. The number of amides is 3. The molecule has 0 bridgehead atoms. The van der Waals surface area contributed by atoms with Gasteiger partial charge >= 0.3 is 12.0 Å². The van der Waals surface area contributed by atoms with Gasteiger partial charge in [0.05, 0.1) is 19.2 Å². The molecule has 1 aliphatic heterocycles. The normalized spacial score (nSPS) is 14.4. The van der Waals surface area contributed by atoms with Gasteiger partial charge in [0.2, 0.25) is 0 Å². The van der Waals surface area contributed by atoms with Crippen LogP contribution in [0.25, 0.3) is 6.08 Å². The van der Waals surface area contributed by atoms with Crippen LogP contribution in [0.1, 0.15) is 21.5 Å². The van der Waals surface area contributed by atoms with E-state index in [-0.39, 0.29) is 12.2 Å². The van der Waals surface area contributed by atoms with E-state index in [1.165, 1.54) is 0 Å². The molecule has 0 spiro atoms. The maximum atomic E-state index is 12.6. The van der Waals surface area contributed by atoms with Gasteiger partial charge in [-0.1, -0.05) is 42.5 Å². The summed E-state index contributed by atoms with van der Waals surface area (Å²) in [4.78, 5) is 38.3. The first-order valence-corrected chi connectivity index (χ1v) is 9.88. The molecule has 7 nitrogen and oxygen atoms in total. The van der Waals surface area contributed by atoms with E-state index in [4.69, 9.17) is 9.47 Å². The van der Waals surface area contributed by atoms with Crippen molar-refractivity contribution in [3.63, 3.8) is 0 Å². The number of esters is 1. The van der Waals surface area contributed by atoms with Crippen LogP contribution in [-0.2, 0) is 11.3 Å². The molecule has 0 aromatic heterocycles. The molecule has 1 saturated heterocycles. The van der Waals surface area contributed by atoms with Gasteiger partial charge in [-0.25, -0.2) is 9.59 Å².